The van der Waals surface area contributed by atoms with Gasteiger partial charge in [-0.05, 0) is 36.8 Å². The zero-order valence-electron chi connectivity index (χ0n) is 22.1. The Labute approximate surface area is 233 Å². The molecule has 1 aliphatic rings. The molecule has 0 spiro atoms. The van der Waals surface area contributed by atoms with E-state index in [1.165, 1.54) is 35.5 Å². The minimum atomic E-state index is -0.866. The fraction of sp³-hybridized carbons (Fsp3) is 0.296. The summed E-state index contributed by atoms with van der Waals surface area (Å²) in [5.74, 6) is 0.135. The van der Waals surface area contributed by atoms with Gasteiger partial charge in [0, 0.05) is 43.2 Å². The van der Waals surface area contributed by atoms with E-state index < -0.39 is 30.4 Å². The average Bonchev–Trinajstić information content (AvgIpc) is 3.57. The Hall–Kier alpha value is -4.36. The molecule has 0 radical (unpaired) electrons. The van der Waals surface area contributed by atoms with Crippen LogP contribution in [0.1, 0.15) is 33.8 Å². The van der Waals surface area contributed by atoms with Crippen molar-refractivity contribution in [3.05, 3.63) is 70.6 Å². The molecule has 0 fully saturated rings. The van der Waals surface area contributed by atoms with E-state index >= 15 is 0 Å². The monoisotopic (exact) mass is 565 g/mol. The topological polar surface area (TPSA) is 134 Å². The molecule has 208 valence electrons. The molecule has 0 saturated heterocycles. The molecule has 4 heterocycles. The molecule has 11 nitrogen and oxygen atoms in total. The lowest BCUT2D eigenvalue weighted by Gasteiger charge is -2.32. The van der Waals surface area contributed by atoms with Crippen LogP contribution in [0.25, 0.3) is 10.6 Å². The maximum Gasteiger partial charge on any atom is 0.255 e. The smallest absolute Gasteiger partial charge is 0.255 e. The molecule has 1 aromatic carbocycles. The predicted molar refractivity (Wildman–Crippen MR) is 147 cm³/mol. The maximum absolute atomic E-state index is 14.0. The van der Waals surface area contributed by atoms with Crippen molar-refractivity contribution >= 4 is 34.9 Å². The highest BCUT2D eigenvalue weighted by molar-refractivity contribution is 7.15. The van der Waals surface area contributed by atoms with E-state index in [2.05, 4.69) is 25.7 Å². The second-order valence-electron chi connectivity index (χ2n) is 9.27. The van der Waals surface area contributed by atoms with Gasteiger partial charge < -0.3 is 25.4 Å². The Morgan fingerprint density at radius 2 is 2.08 bits per heavy atom. The van der Waals surface area contributed by atoms with E-state index in [1.807, 2.05) is 6.07 Å². The first-order valence-corrected chi connectivity index (χ1v) is 13.4. The fourth-order valence-corrected chi connectivity index (χ4v) is 5.62. The van der Waals surface area contributed by atoms with Gasteiger partial charge in [-0.3, -0.25) is 14.3 Å². The highest BCUT2D eigenvalue weighted by Gasteiger charge is 2.34. The van der Waals surface area contributed by atoms with Crippen LogP contribution in [0.3, 0.4) is 0 Å². The van der Waals surface area contributed by atoms with Crippen molar-refractivity contribution in [2.24, 2.45) is 7.05 Å². The molecule has 40 heavy (non-hydrogen) atoms. The van der Waals surface area contributed by atoms with Gasteiger partial charge in [-0.25, -0.2) is 14.4 Å². The number of hydrogen-bond donors (Lipinski definition) is 3. The van der Waals surface area contributed by atoms with Crippen molar-refractivity contribution in [1.82, 2.24) is 30.0 Å². The Balaban J connectivity index is 1.30. The summed E-state index contributed by atoms with van der Waals surface area (Å²) < 4.78 is 20.8. The van der Waals surface area contributed by atoms with Crippen LogP contribution in [0.5, 0.6) is 5.75 Å². The summed E-state index contributed by atoms with van der Waals surface area (Å²) in [5, 5.41) is 19.9. The summed E-state index contributed by atoms with van der Waals surface area (Å²) in [5.41, 5.74) is 1.55. The van der Waals surface area contributed by atoms with Gasteiger partial charge in [-0.2, -0.15) is 5.10 Å². The number of aliphatic hydroxyl groups is 1. The Morgan fingerprint density at radius 3 is 2.80 bits per heavy atom. The molecule has 0 saturated carbocycles. The van der Waals surface area contributed by atoms with E-state index in [9.17, 15) is 19.1 Å². The molecule has 13 heteroatoms. The Morgan fingerprint density at radius 1 is 1.25 bits per heavy atom. The van der Waals surface area contributed by atoms with Gasteiger partial charge in [0.05, 0.1) is 42.1 Å². The van der Waals surface area contributed by atoms with Gasteiger partial charge in [0.25, 0.3) is 5.91 Å². The summed E-state index contributed by atoms with van der Waals surface area (Å²) in [6.45, 7) is 1.54. The van der Waals surface area contributed by atoms with Crippen molar-refractivity contribution in [3.63, 3.8) is 0 Å². The zero-order chi connectivity index (χ0) is 28.4. The zero-order valence-corrected chi connectivity index (χ0v) is 22.9. The summed E-state index contributed by atoms with van der Waals surface area (Å²) >= 11 is 1.49. The number of benzene rings is 1. The third-order valence-corrected chi connectivity index (χ3v) is 7.94. The fourth-order valence-electron chi connectivity index (χ4n) is 4.51. The summed E-state index contributed by atoms with van der Waals surface area (Å²) in [7, 11) is 3.21. The van der Waals surface area contributed by atoms with Gasteiger partial charge >= 0.3 is 0 Å². The maximum atomic E-state index is 14.0. The van der Waals surface area contributed by atoms with Crippen molar-refractivity contribution in [2.45, 2.75) is 25.4 Å². The number of fused-ring (bicyclic) bond motifs is 1. The molecular weight excluding hydrogens is 537 g/mol. The third-order valence-electron chi connectivity index (χ3n) is 6.73. The van der Waals surface area contributed by atoms with Crippen LogP contribution < -0.4 is 15.4 Å². The number of aryl methyl sites for hydroxylation is 1. The second-order valence-corrected chi connectivity index (χ2v) is 10.4. The summed E-state index contributed by atoms with van der Waals surface area (Å²) in [4.78, 5) is 38.7. The van der Waals surface area contributed by atoms with Crippen molar-refractivity contribution in [1.29, 1.82) is 0 Å². The first-order chi connectivity index (χ1) is 19.3. The number of amides is 2. The van der Waals surface area contributed by atoms with Crippen LogP contribution in [0.2, 0.25) is 0 Å². The Bertz CT molecular complexity index is 1560. The molecule has 0 unspecified atom stereocenters. The normalized spacial score (nSPS) is 14.4. The number of nitrogens with one attached hydrogen (secondary N) is 2. The summed E-state index contributed by atoms with van der Waals surface area (Å²) in [6, 6.07) is 7.68. The predicted octanol–water partition coefficient (Wildman–Crippen LogP) is 3.07. The van der Waals surface area contributed by atoms with Gasteiger partial charge in [0.1, 0.15) is 23.4 Å². The number of rotatable bonds is 9. The van der Waals surface area contributed by atoms with Gasteiger partial charge in [0.15, 0.2) is 0 Å². The number of nitrogens with zero attached hydrogens (tertiary/aromatic N) is 5. The number of halogens is 1. The number of carbonyl (C=O) groups is 2. The number of aliphatic hydroxyl groups excluding tert-OH is 1. The number of anilines is 2. The quantitative estimate of drug-likeness (QED) is 0.282. The van der Waals surface area contributed by atoms with Gasteiger partial charge in [0.2, 0.25) is 11.9 Å². The van der Waals surface area contributed by atoms with Crippen LogP contribution in [0.4, 0.5) is 16.2 Å². The lowest BCUT2D eigenvalue weighted by Crippen LogP contribution is -2.51. The minimum Gasteiger partial charge on any atom is -0.497 e. The number of methoxy groups -OCH3 is 1. The third kappa shape index (κ3) is 5.51. The first-order valence-electron chi connectivity index (χ1n) is 12.5. The minimum absolute atomic E-state index is 0.262. The van der Waals surface area contributed by atoms with Crippen LogP contribution in [-0.4, -0.2) is 67.9 Å². The molecular formula is C27H28FN7O4S. The lowest BCUT2D eigenvalue weighted by atomic mass is 10.0. The molecule has 1 aliphatic heterocycles. The SMILES string of the molecule is COc1cc(F)cc([C@@H](CO)NC(=O)[C@@H](C)N2CCc3sc(-c4ccnc(Nc5ccnn5C)n4)cc3C2=O)c1. The van der Waals surface area contributed by atoms with Crippen molar-refractivity contribution < 1.29 is 23.8 Å². The number of carbonyl (C=O) groups excluding carboxylic acids is 2. The second kappa shape index (κ2) is 11.4. The molecule has 0 aliphatic carbocycles. The average molecular weight is 566 g/mol. The molecule has 3 N–H and O–H groups in total. The van der Waals surface area contributed by atoms with E-state index in [1.54, 1.807) is 49.2 Å². The summed E-state index contributed by atoms with van der Waals surface area (Å²) in [6.07, 6.45) is 3.89. The molecule has 4 aromatic rings. The van der Waals surface area contributed by atoms with Crippen LogP contribution in [0.15, 0.2) is 48.8 Å². The van der Waals surface area contributed by atoms with Crippen molar-refractivity contribution in [2.75, 3.05) is 25.6 Å². The largest absolute Gasteiger partial charge is 0.497 e. The van der Waals surface area contributed by atoms with E-state index in [0.29, 0.717) is 35.7 Å². The van der Waals surface area contributed by atoms with Crippen molar-refractivity contribution in [3.8, 4) is 16.3 Å². The highest BCUT2D eigenvalue weighted by atomic mass is 32.1. The molecule has 3 aromatic heterocycles. The first kappa shape index (κ1) is 27.2. The van der Waals surface area contributed by atoms with Crippen LogP contribution in [-0.2, 0) is 18.3 Å². The lowest BCUT2D eigenvalue weighted by molar-refractivity contribution is -0.126. The molecule has 5 rings (SSSR count). The molecule has 0 bridgehead atoms. The molecule has 2 amide bonds. The Kier molecular flexibility index (Phi) is 7.76. The highest BCUT2D eigenvalue weighted by Crippen LogP contribution is 2.35. The van der Waals surface area contributed by atoms with E-state index in [4.69, 9.17) is 4.74 Å². The van der Waals surface area contributed by atoms with E-state index in [-0.39, 0.29) is 11.7 Å². The van der Waals surface area contributed by atoms with Gasteiger partial charge in [-0.15, -0.1) is 11.3 Å². The number of aromatic nitrogens is 4. The molecule has 2 atom stereocenters. The number of ether oxygens (including phenoxy) is 1. The van der Waals surface area contributed by atoms with Gasteiger partial charge in [-0.1, -0.05) is 0 Å². The van der Waals surface area contributed by atoms with E-state index in [0.717, 1.165) is 15.6 Å². The van der Waals surface area contributed by atoms with Crippen LogP contribution in [0, 0.1) is 5.82 Å². The standard InChI is InChI=1S/C27H28FN7O4S/c1-15(25(37)31-21(14-36)16-10-17(28)12-18(11-16)39-3)35-9-6-22-19(26(35)38)13-23(40-22)20-4-7-29-27(32-20)33-24-5-8-30-34(24)2/h4-5,7-8,10-13,15,21,36H,6,9,14H2,1-3H3,(H,31,37)(H,29,32,33)/t15-,21-/m1/s1. The number of hydrogen-bond acceptors (Lipinski definition) is 9. The van der Waals surface area contributed by atoms with Crippen LogP contribution >= 0.6 is 11.3 Å². The number of thiophene rings is 1.